The van der Waals surface area contributed by atoms with E-state index in [1.54, 1.807) is 16.8 Å². The molecule has 1 N–H and O–H groups in total. The van der Waals surface area contributed by atoms with E-state index >= 15 is 0 Å². The van der Waals surface area contributed by atoms with Gasteiger partial charge in [0, 0.05) is 0 Å². The molecular weight excluding hydrogens is 241 g/mol. The van der Waals surface area contributed by atoms with Gasteiger partial charge in [-0.2, -0.15) is 4.68 Å². The van der Waals surface area contributed by atoms with Crippen LogP contribution < -0.4 is 0 Å². The van der Waals surface area contributed by atoms with E-state index in [0.29, 0.717) is 21.5 Å². The number of hydrogen-bond donors (Lipinski definition) is 1. The first-order chi connectivity index (χ1) is 8.25. The van der Waals surface area contributed by atoms with Crippen LogP contribution in [0.1, 0.15) is 0 Å². The highest BCUT2D eigenvalue weighted by Gasteiger charge is 2.08. The molecule has 0 saturated heterocycles. The highest BCUT2D eigenvalue weighted by atomic mass is 32.1. The summed E-state index contributed by atoms with van der Waals surface area (Å²) >= 11 is 5.03. The number of aromatic nitrogens is 5. The predicted molar refractivity (Wildman–Crippen MR) is 61.8 cm³/mol. The van der Waals surface area contributed by atoms with Gasteiger partial charge in [0.25, 0.3) is 0 Å². The second-order valence-corrected chi connectivity index (χ2v) is 3.77. The lowest BCUT2D eigenvalue weighted by atomic mass is 10.3. The first-order valence-electron chi connectivity index (χ1n) is 4.81. The molecule has 84 valence electrons. The fourth-order valence-electron chi connectivity index (χ4n) is 1.53. The Morgan fingerprint density at radius 1 is 1.24 bits per heavy atom. The van der Waals surface area contributed by atoms with Crippen LogP contribution in [0.5, 0.6) is 0 Å². The Bertz CT molecular complexity index is 730. The van der Waals surface area contributed by atoms with Crippen LogP contribution in [0.3, 0.4) is 0 Å². The van der Waals surface area contributed by atoms with Crippen molar-refractivity contribution in [1.29, 1.82) is 0 Å². The molecule has 0 aliphatic rings. The van der Waals surface area contributed by atoms with Crippen LogP contribution in [0.25, 0.3) is 16.9 Å². The fourth-order valence-corrected chi connectivity index (χ4v) is 1.72. The Morgan fingerprint density at radius 3 is 2.76 bits per heavy atom. The van der Waals surface area contributed by atoms with Crippen molar-refractivity contribution in [2.24, 2.45) is 0 Å². The normalized spacial score (nSPS) is 10.9. The predicted octanol–water partition coefficient (Wildman–Crippen LogP) is 2.01. The first kappa shape index (κ1) is 10.0. The third-order valence-corrected chi connectivity index (χ3v) is 2.63. The molecule has 2 heterocycles. The number of aromatic amines is 1. The summed E-state index contributed by atoms with van der Waals surface area (Å²) in [6.07, 6.45) is 1.48. The number of nitrogens with one attached hydrogen (secondary N) is 1. The van der Waals surface area contributed by atoms with Gasteiger partial charge in [0.05, 0.1) is 12.0 Å². The van der Waals surface area contributed by atoms with E-state index in [0.717, 1.165) is 0 Å². The number of fused-ring (bicyclic) bond motifs is 1. The Hall–Kier alpha value is -2.15. The summed E-state index contributed by atoms with van der Waals surface area (Å²) in [5.41, 5.74) is 1.86. The number of nitrogens with zero attached hydrogens (tertiary/aromatic N) is 4. The number of H-pyrrole nitrogens is 1. The van der Waals surface area contributed by atoms with Crippen LogP contribution in [-0.4, -0.2) is 25.0 Å². The SMILES string of the molecule is Fc1ccc(-n2nnc3c(=S)nc[nH]c32)cc1. The molecule has 0 atom stereocenters. The molecule has 5 nitrogen and oxygen atoms in total. The minimum Gasteiger partial charge on any atom is -0.329 e. The fraction of sp³-hybridized carbons (Fsp3) is 0. The Morgan fingerprint density at radius 2 is 2.00 bits per heavy atom. The van der Waals surface area contributed by atoms with Crippen molar-refractivity contribution in [3.8, 4) is 5.69 Å². The molecule has 0 spiro atoms. The third kappa shape index (κ3) is 1.60. The van der Waals surface area contributed by atoms with E-state index in [-0.39, 0.29) is 5.82 Å². The standard InChI is InChI=1S/C10H6FN5S/c11-6-1-3-7(4-2-6)16-9-8(14-15-16)10(17)13-5-12-9/h1-5H,(H,12,13,17). The van der Waals surface area contributed by atoms with Crippen molar-refractivity contribution in [3.63, 3.8) is 0 Å². The maximum Gasteiger partial charge on any atom is 0.167 e. The van der Waals surface area contributed by atoms with E-state index < -0.39 is 0 Å². The van der Waals surface area contributed by atoms with Crippen molar-refractivity contribution < 1.29 is 4.39 Å². The minimum absolute atomic E-state index is 0.298. The van der Waals surface area contributed by atoms with Crippen LogP contribution in [0.15, 0.2) is 30.6 Å². The van der Waals surface area contributed by atoms with Crippen LogP contribution in [0.2, 0.25) is 0 Å². The van der Waals surface area contributed by atoms with Crippen LogP contribution in [0.4, 0.5) is 4.39 Å². The highest BCUT2D eigenvalue weighted by molar-refractivity contribution is 7.71. The van der Waals surface area contributed by atoms with Gasteiger partial charge in [-0.05, 0) is 24.3 Å². The van der Waals surface area contributed by atoms with Crippen molar-refractivity contribution in [1.82, 2.24) is 25.0 Å². The smallest absolute Gasteiger partial charge is 0.167 e. The molecule has 0 aliphatic heterocycles. The second-order valence-electron chi connectivity index (χ2n) is 3.38. The van der Waals surface area contributed by atoms with E-state index in [1.165, 1.54) is 18.5 Å². The van der Waals surface area contributed by atoms with Gasteiger partial charge in [-0.25, -0.2) is 9.37 Å². The Labute approximate surface area is 99.9 Å². The topological polar surface area (TPSA) is 59.4 Å². The zero-order valence-corrected chi connectivity index (χ0v) is 9.28. The van der Waals surface area contributed by atoms with Crippen molar-refractivity contribution in [3.05, 3.63) is 41.1 Å². The van der Waals surface area contributed by atoms with Gasteiger partial charge in [0.2, 0.25) is 0 Å². The zero-order valence-electron chi connectivity index (χ0n) is 8.46. The summed E-state index contributed by atoms with van der Waals surface area (Å²) in [5, 5.41) is 7.90. The molecular formula is C10H6FN5S. The molecule has 0 aliphatic carbocycles. The molecule has 7 heteroatoms. The second kappa shape index (κ2) is 3.70. The van der Waals surface area contributed by atoms with Gasteiger partial charge < -0.3 is 4.98 Å². The van der Waals surface area contributed by atoms with E-state index in [9.17, 15) is 4.39 Å². The van der Waals surface area contributed by atoms with Gasteiger partial charge in [-0.15, -0.1) is 5.10 Å². The lowest BCUT2D eigenvalue weighted by molar-refractivity contribution is 0.627. The van der Waals surface area contributed by atoms with Crippen LogP contribution in [-0.2, 0) is 0 Å². The molecule has 17 heavy (non-hydrogen) atoms. The Balaban J connectivity index is 2.28. The molecule has 0 saturated carbocycles. The molecule has 2 aromatic heterocycles. The van der Waals surface area contributed by atoms with Crippen molar-refractivity contribution in [2.45, 2.75) is 0 Å². The summed E-state index contributed by atoms with van der Waals surface area (Å²) in [4.78, 5) is 6.83. The summed E-state index contributed by atoms with van der Waals surface area (Å²) in [6, 6.07) is 5.94. The number of rotatable bonds is 1. The summed E-state index contributed by atoms with van der Waals surface area (Å²) in [5.74, 6) is -0.298. The van der Waals surface area contributed by atoms with Crippen molar-refractivity contribution >= 4 is 23.4 Å². The van der Waals surface area contributed by atoms with E-state index in [2.05, 4.69) is 20.3 Å². The largest absolute Gasteiger partial charge is 0.329 e. The van der Waals surface area contributed by atoms with Gasteiger partial charge in [0.1, 0.15) is 5.82 Å². The summed E-state index contributed by atoms with van der Waals surface area (Å²) < 4.78 is 14.8. The maximum absolute atomic E-state index is 12.8. The zero-order chi connectivity index (χ0) is 11.8. The average molecular weight is 247 g/mol. The molecule has 3 aromatic rings. The molecule has 0 radical (unpaired) electrons. The molecule has 0 amide bonds. The lowest BCUT2D eigenvalue weighted by Crippen LogP contribution is -1.98. The van der Waals surface area contributed by atoms with Gasteiger partial charge >= 0.3 is 0 Å². The van der Waals surface area contributed by atoms with E-state index in [4.69, 9.17) is 12.2 Å². The maximum atomic E-state index is 12.8. The number of hydrogen-bond acceptors (Lipinski definition) is 4. The van der Waals surface area contributed by atoms with Gasteiger partial charge in [-0.3, -0.25) is 0 Å². The van der Waals surface area contributed by atoms with Gasteiger partial charge in [-0.1, -0.05) is 17.4 Å². The molecule has 1 aromatic carbocycles. The van der Waals surface area contributed by atoms with E-state index in [1.807, 2.05) is 0 Å². The quantitative estimate of drug-likeness (QED) is 0.668. The minimum atomic E-state index is -0.298. The lowest BCUT2D eigenvalue weighted by Gasteiger charge is -2.00. The molecule has 3 rings (SSSR count). The molecule has 0 fully saturated rings. The molecule has 0 bridgehead atoms. The summed E-state index contributed by atoms with van der Waals surface area (Å²) in [7, 11) is 0. The van der Waals surface area contributed by atoms with Gasteiger partial charge in [0.15, 0.2) is 15.8 Å². The third-order valence-electron chi connectivity index (χ3n) is 2.33. The highest BCUT2D eigenvalue weighted by Crippen LogP contribution is 2.14. The Kier molecular flexibility index (Phi) is 2.19. The number of benzene rings is 1. The monoisotopic (exact) mass is 247 g/mol. The summed E-state index contributed by atoms with van der Waals surface area (Å²) in [6.45, 7) is 0. The average Bonchev–Trinajstić information content (AvgIpc) is 2.75. The number of halogens is 1. The first-order valence-corrected chi connectivity index (χ1v) is 5.21. The van der Waals surface area contributed by atoms with Crippen LogP contribution >= 0.6 is 12.2 Å². The molecule has 0 unspecified atom stereocenters. The van der Waals surface area contributed by atoms with Crippen molar-refractivity contribution in [2.75, 3.05) is 0 Å². The van der Waals surface area contributed by atoms with Crippen LogP contribution in [0, 0.1) is 10.5 Å².